The van der Waals surface area contributed by atoms with E-state index in [0.29, 0.717) is 5.56 Å². The van der Waals surface area contributed by atoms with Crippen molar-refractivity contribution in [3.05, 3.63) is 33.4 Å². The van der Waals surface area contributed by atoms with Gasteiger partial charge in [-0.15, -0.1) is 0 Å². The third kappa shape index (κ3) is 2.41. The first-order valence-corrected chi connectivity index (χ1v) is 4.68. The number of hydrogen-bond acceptors (Lipinski definition) is 1. The summed E-state index contributed by atoms with van der Waals surface area (Å²) in [5.41, 5.74) is 5.61. The molecule has 1 rings (SSSR count). The first kappa shape index (κ1) is 14.6. The molecule has 0 aliphatic heterocycles. The van der Waals surface area contributed by atoms with E-state index < -0.39 is 5.97 Å². The van der Waals surface area contributed by atoms with Crippen LogP contribution in [0.4, 0.5) is 0 Å². The summed E-state index contributed by atoms with van der Waals surface area (Å²) in [5, 5.41) is 9.09. The average molecular weight is 397 g/mol. The molecule has 0 saturated carbocycles. The van der Waals surface area contributed by atoms with Crippen LogP contribution >= 0.6 is 0 Å². The van der Waals surface area contributed by atoms with Gasteiger partial charge in [0.1, 0.15) is 0 Å². The summed E-state index contributed by atoms with van der Waals surface area (Å²) < 4.78 is 0. The van der Waals surface area contributed by atoms with Crippen LogP contribution in [0, 0.1) is 34.6 Å². The number of carbonyl (C=O) groups is 1. The summed E-state index contributed by atoms with van der Waals surface area (Å²) in [5.74, 6) is -0.828. The van der Waals surface area contributed by atoms with Crippen molar-refractivity contribution >= 4 is 33.3 Å². The van der Waals surface area contributed by atoms with Gasteiger partial charge in [0.05, 0.1) is 5.56 Å². The van der Waals surface area contributed by atoms with Gasteiger partial charge in [-0.1, -0.05) is 0 Å². The molecule has 0 heterocycles. The van der Waals surface area contributed by atoms with Crippen LogP contribution < -0.4 is 0 Å². The number of carboxylic acids is 1. The molecule has 0 saturated heterocycles. The molecule has 1 N–H and O–H groups in total. The van der Waals surface area contributed by atoms with E-state index >= 15 is 0 Å². The van der Waals surface area contributed by atoms with Gasteiger partial charge < -0.3 is 5.11 Å². The molecule has 0 aliphatic carbocycles. The van der Waals surface area contributed by atoms with Gasteiger partial charge in [0.15, 0.2) is 0 Å². The van der Waals surface area contributed by atoms with E-state index in [-0.39, 0.29) is 27.3 Å². The van der Waals surface area contributed by atoms with Crippen LogP contribution in [0.5, 0.6) is 0 Å². The van der Waals surface area contributed by atoms with E-state index in [1.807, 2.05) is 34.6 Å². The van der Waals surface area contributed by atoms with Crippen molar-refractivity contribution in [2.45, 2.75) is 34.6 Å². The summed E-state index contributed by atoms with van der Waals surface area (Å²) in [7, 11) is 0. The third-order valence-corrected chi connectivity index (χ3v) is 3.21. The molecule has 0 unspecified atom stereocenters. The molecule has 79 valence electrons. The van der Waals surface area contributed by atoms with E-state index in [4.69, 9.17) is 5.11 Å². The Morgan fingerprint density at radius 2 is 1.07 bits per heavy atom. The van der Waals surface area contributed by atoms with Gasteiger partial charge >= 0.3 is 5.97 Å². The number of hydrogen-bond donors (Lipinski definition) is 1. The molecule has 0 aromatic heterocycles. The predicted molar refractivity (Wildman–Crippen MR) is 62.8 cm³/mol. The maximum Gasteiger partial charge on any atom is 0.336 e. The van der Waals surface area contributed by atoms with Crippen LogP contribution in [0.25, 0.3) is 0 Å². The van der Waals surface area contributed by atoms with Crippen molar-refractivity contribution in [3.63, 3.8) is 0 Å². The average Bonchev–Trinajstić information content (AvgIpc) is 2.11. The van der Waals surface area contributed by atoms with Gasteiger partial charge in [0.2, 0.25) is 0 Å². The zero-order chi connectivity index (χ0) is 11.0. The van der Waals surface area contributed by atoms with Crippen molar-refractivity contribution in [1.82, 2.24) is 0 Å². The SMILES string of the molecule is Cc1c(C)c(C)c(C(=O)O)c(C)c1C.[Tl]. The van der Waals surface area contributed by atoms with E-state index in [0.717, 1.165) is 22.3 Å². The molecule has 1 aromatic rings. The molecule has 1 radical (unpaired) electrons. The minimum Gasteiger partial charge on any atom is -0.478 e. The molecule has 2 nitrogen and oxygen atoms in total. The van der Waals surface area contributed by atoms with Crippen molar-refractivity contribution in [3.8, 4) is 0 Å². The maximum absolute atomic E-state index is 11.1. The Kier molecular flexibility index (Phi) is 4.96. The minimum absolute atomic E-state index is 0. The van der Waals surface area contributed by atoms with E-state index in [9.17, 15) is 4.79 Å². The van der Waals surface area contributed by atoms with Gasteiger partial charge in [0, 0.05) is 27.3 Å². The predicted octanol–water partition coefficient (Wildman–Crippen LogP) is 2.55. The molecule has 15 heavy (non-hydrogen) atoms. The van der Waals surface area contributed by atoms with Gasteiger partial charge in [-0.05, 0) is 62.4 Å². The second kappa shape index (κ2) is 5.10. The molecule has 0 atom stereocenters. The summed E-state index contributed by atoms with van der Waals surface area (Å²) in [4.78, 5) is 11.1. The Morgan fingerprint density at radius 3 is 1.33 bits per heavy atom. The molecule has 0 bridgehead atoms. The molecule has 0 amide bonds. The van der Waals surface area contributed by atoms with E-state index in [2.05, 4.69) is 0 Å². The molecule has 3 heteroatoms. The van der Waals surface area contributed by atoms with Gasteiger partial charge in [0.25, 0.3) is 0 Å². The van der Waals surface area contributed by atoms with E-state index in [1.165, 1.54) is 5.56 Å². The van der Waals surface area contributed by atoms with Crippen LogP contribution in [0.1, 0.15) is 38.2 Å². The smallest absolute Gasteiger partial charge is 0.336 e. The summed E-state index contributed by atoms with van der Waals surface area (Å²) in [6.45, 7) is 9.74. The van der Waals surface area contributed by atoms with Crippen molar-refractivity contribution in [2.24, 2.45) is 0 Å². The van der Waals surface area contributed by atoms with Crippen LogP contribution in [0.15, 0.2) is 0 Å². The van der Waals surface area contributed by atoms with Gasteiger partial charge in [-0.25, -0.2) is 4.79 Å². The Balaban J connectivity index is 0.00000196. The van der Waals surface area contributed by atoms with Crippen molar-refractivity contribution in [1.29, 1.82) is 0 Å². The molecule has 0 aliphatic rings. The third-order valence-electron chi connectivity index (χ3n) is 3.21. The van der Waals surface area contributed by atoms with Gasteiger partial charge in [-0.3, -0.25) is 0 Å². The Hall–Kier alpha value is -0.388. The Bertz CT molecular complexity index is 380. The molecule has 0 spiro atoms. The zero-order valence-electron chi connectivity index (χ0n) is 9.93. The second-order valence-corrected chi connectivity index (χ2v) is 3.81. The van der Waals surface area contributed by atoms with Gasteiger partial charge in [-0.2, -0.15) is 0 Å². The maximum atomic E-state index is 11.1. The van der Waals surface area contributed by atoms with Crippen molar-refractivity contribution < 1.29 is 9.90 Å². The number of rotatable bonds is 1. The number of benzene rings is 1. The summed E-state index contributed by atoms with van der Waals surface area (Å²) >= 11 is 0. The Morgan fingerprint density at radius 1 is 0.800 bits per heavy atom. The normalized spacial score (nSPS) is 9.67. The first-order chi connectivity index (χ1) is 6.37. The first-order valence-electron chi connectivity index (χ1n) is 4.68. The monoisotopic (exact) mass is 397 g/mol. The zero-order valence-corrected chi connectivity index (χ0v) is 14.4. The topological polar surface area (TPSA) is 37.3 Å². The van der Waals surface area contributed by atoms with E-state index in [1.54, 1.807) is 0 Å². The summed E-state index contributed by atoms with van der Waals surface area (Å²) in [6, 6.07) is 0. The standard InChI is InChI=1S/C12H16O2.Tl/c1-6-7(2)9(4)11(12(13)14)10(5)8(6)3;/h1-5H3,(H,13,14);. The van der Waals surface area contributed by atoms with Crippen LogP contribution in [0.2, 0.25) is 0 Å². The molecular formula is C12H16O2Tl. The fourth-order valence-corrected chi connectivity index (χ4v) is 1.82. The van der Waals surface area contributed by atoms with Crippen LogP contribution in [-0.2, 0) is 0 Å². The Labute approximate surface area is 111 Å². The van der Waals surface area contributed by atoms with Crippen LogP contribution in [0.3, 0.4) is 0 Å². The number of carboxylic acid groups (broad SMARTS) is 1. The van der Waals surface area contributed by atoms with Crippen LogP contribution in [-0.4, -0.2) is 38.4 Å². The fourth-order valence-electron chi connectivity index (χ4n) is 1.82. The molecule has 0 fully saturated rings. The fraction of sp³-hybridized carbons (Fsp3) is 0.417. The summed E-state index contributed by atoms with van der Waals surface area (Å²) in [6.07, 6.45) is 0. The molecule has 1 aromatic carbocycles. The minimum atomic E-state index is -0.828. The van der Waals surface area contributed by atoms with Crippen molar-refractivity contribution in [2.75, 3.05) is 0 Å². The number of aromatic carboxylic acids is 1. The molecular weight excluding hydrogens is 381 g/mol. The largest absolute Gasteiger partial charge is 0.478 e. The quantitative estimate of drug-likeness (QED) is 0.741. The second-order valence-electron chi connectivity index (χ2n) is 3.81.